The van der Waals surface area contributed by atoms with Crippen LogP contribution in [0.4, 0.5) is 0 Å². The summed E-state index contributed by atoms with van der Waals surface area (Å²) in [5.74, 6) is -1.25. The average Bonchev–Trinajstić information content (AvgIpc) is 2.59. The molecule has 0 aliphatic heterocycles. The fourth-order valence-electron chi connectivity index (χ4n) is 2.75. The zero-order chi connectivity index (χ0) is 17.7. The molecule has 0 saturated heterocycles. The molecule has 4 heteroatoms. The van der Waals surface area contributed by atoms with Gasteiger partial charge in [0.05, 0.1) is 11.1 Å². The lowest BCUT2D eigenvalue weighted by molar-refractivity contribution is 0.0686. The number of hydrogen-bond acceptors (Lipinski definition) is 2. The summed E-state index contributed by atoms with van der Waals surface area (Å²) in [5, 5.41) is 18.1. The molecular weight excluding hydrogens is 304 g/mol. The van der Waals surface area contributed by atoms with Gasteiger partial charge in [-0.2, -0.15) is 0 Å². The largest absolute Gasteiger partial charge is 0.478 e. The molecule has 0 radical (unpaired) electrons. The fraction of sp³-hybridized carbons (Fsp3) is 0.300. The fourth-order valence-corrected chi connectivity index (χ4v) is 2.75. The minimum absolute atomic E-state index is 0.116. The number of carbonyl (C=O) groups is 2. The van der Waals surface area contributed by atoms with Crippen molar-refractivity contribution >= 4 is 11.9 Å². The number of rotatable bonds is 7. The molecule has 126 valence electrons. The highest BCUT2D eigenvalue weighted by molar-refractivity contribution is 5.88. The Morgan fingerprint density at radius 2 is 1.21 bits per heavy atom. The van der Waals surface area contributed by atoms with Crippen molar-refractivity contribution in [3.05, 3.63) is 70.8 Å². The van der Waals surface area contributed by atoms with Crippen molar-refractivity contribution in [3.63, 3.8) is 0 Å². The minimum atomic E-state index is -0.939. The third-order valence-electron chi connectivity index (χ3n) is 4.46. The first-order valence-corrected chi connectivity index (χ1v) is 8.08. The molecule has 0 aromatic heterocycles. The first kappa shape index (κ1) is 17.7. The molecule has 1 unspecified atom stereocenters. The molecule has 0 amide bonds. The average molecular weight is 326 g/mol. The first-order chi connectivity index (χ1) is 11.4. The second kappa shape index (κ2) is 7.77. The van der Waals surface area contributed by atoms with Crippen LogP contribution in [0.5, 0.6) is 0 Å². The molecule has 0 aliphatic carbocycles. The highest BCUT2D eigenvalue weighted by Gasteiger charge is 2.18. The highest BCUT2D eigenvalue weighted by Crippen LogP contribution is 2.32. The number of carboxylic acid groups (broad SMARTS) is 2. The second-order valence-electron chi connectivity index (χ2n) is 6.16. The van der Waals surface area contributed by atoms with Crippen LogP contribution in [0.2, 0.25) is 0 Å². The smallest absolute Gasteiger partial charge is 0.335 e. The third-order valence-corrected chi connectivity index (χ3v) is 4.46. The lowest BCUT2D eigenvalue weighted by Crippen LogP contribution is -2.08. The summed E-state index contributed by atoms with van der Waals surface area (Å²) in [7, 11) is 0. The van der Waals surface area contributed by atoms with Gasteiger partial charge in [-0.05, 0) is 47.7 Å². The quantitative estimate of drug-likeness (QED) is 0.776. The van der Waals surface area contributed by atoms with Gasteiger partial charge in [0.1, 0.15) is 0 Å². The Bertz CT molecular complexity index is 644. The molecule has 0 heterocycles. The van der Waals surface area contributed by atoms with E-state index in [9.17, 15) is 9.59 Å². The van der Waals surface area contributed by atoms with Gasteiger partial charge in [-0.15, -0.1) is 0 Å². The molecule has 24 heavy (non-hydrogen) atoms. The Kier molecular flexibility index (Phi) is 5.74. The molecule has 2 rings (SSSR count). The van der Waals surface area contributed by atoms with Crippen molar-refractivity contribution in [1.29, 1.82) is 0 Å². The molecule has 0 fully saturated rings. The van der Waals surface area contributed by atoms with E-state index < -0.39 is 11.9 Å². The molecule has 1 atom stereocenters. The molecule has 2 aromatic rings. The van der Waals surface area contributed by atoms with Gasteiger partial charge in [0, 0.05) is 5.92 Å². The molecule has 0 bridgehead atoms. The van der Waals surface area contributed by atoms with Crippen LogP contribution in [-0.2, 0) is 0 Å². The summed E-state index contributed by atoms with van der Waals surface area (Å²) in [6.45, 7) is 4.33. The van der Waals surface area contributed by atoms with E-state index in [-0.39, 0.29) is 17.0 Å². The minimum Gasteiger partial charge on any atom is -0.478 e. The molecular formula is C20H22O4. The van der Waals surface area contributed by atoms with Crippen LogP contribution in [0.3, 0.4) is 0 Å². The maximum atomic E-state index is 11.0. The van der Waals surface area contributed by atoms with Gasteiger partial charge in [0.15, 0.2) is 0 Å². The van der Waals surface area contributed by atoms with Gasteiger partial charge >= 0.3 is 11.9 Å². The van der Waals surface area contributed by atoms with Gasteiger partial charge in [-0.25, -0.2) is 9.59 Å². The third kappa shape index (κ3) is 4.22. The highest BCUT2D eigenvalue weighted by atomic mass is 16.4. The van der Waals surface area contributed by atoms with Crippen molar-refractivity contribution in [3.8, 4) is 0 Å². The van der Waals surface area contributed by atoms with Crippen molar-refractivity contribution < 1.29 is 19.8 Å². The predicted molar refractivity (Wildman–Crippen MR) is 92.7 cm³/mol. The lowest BCUT2D eigenvalue weighted by Gasteiger charge is -2.22. The zero-order valence-corrected chi connectivity index (χ0v) is 13.9. The Morgan fingerprint density at radius 3 is 1.50 bits per heavy atom. The van der Waals surface area contributed by atoms with E-state index in [1.165, 1.54) is 0 Å². The monoisotopic (exact) mass is 326 g/mol. The summed E-state index contributed by atoms with van der Waals surface area (Å²) >= 11 is 0. The van der Waals surface area contributed by atoms with Crippen LogP contribution in [0.25, 0.3) is 0 Å². The normalized spacial score (nSPS) is 12.1. The van der Waals surface area contributed by atoms with Crippen LogP contribution in [0.15, 0.2) is 48.5 Å². The first-order valence-electron chi connectivity index (χ1n) is 8.08. The summed E-state index contributed by atoms with van der Waals surface area (Å²) < 4.78 is 0. The second-order valence-corrected chi connectivity index (χ2v) is 6.16. The van der Waals surface area contributed by atoms with E-state index in [0.717, 1.165) is 24.0 Å². The van der Waals surface area contributed by atoms with Gasteiger partial charge in [-0.3, -0.25) is 0 Å². The van der Waals surface area contributed by atoms with Crippen LogP contribution < -0.4 is 0 Å². The summed E-state index contributed by atoms with van der Waals surface area (Å²) in [5.41, 5.74) is 2.62. The predicted octanol–water partition coefficient (Wildman–Crippen LogP) is 4.65. The maximum absolute atomic E-state index is 11.0. The van der Waals surface area contributed by atoms with Crippen molar-refractivity contribution in [1.82, 2.24) is 0 Å². The van der Waals surface area contributed by atoms with E-state index in [0.29, 0.717) is 5.92 Å². The summed E-state index contributed by atoms with van der Waals surface area (Å²) in [6, 6.07) is 13.9. The summed E-state index contributed by atoms with van der Waals surface area (Å²) in [6.07, 6.45) is 1.98. The Hall–Kier alpha value is -2.62. The molecule has 2 N–H and O–H groups in total. The van der Waals surface area contributed by atoms with Crippen LogP contribution in [0, 0.1) is 5.92 Å². The van der Waals surface area contributed by atoms with Gasteiger partial charge in [0.2, 0.25) is 0 Å². The number of aromatic carboxylic acids is 2. The summed E-state index contributed by atoms with van der Waals surface area (Å²) in [4.78, 5) is 22.0. The number of carboxylic acids is 2. The molecule has 2 aromatic carbocycles. The number of hydrogen-bond donors (Lipinski definition) is 2. The standard InChI is InChI=1S/C20H22O4/c1-3-13(2)12-18(14-4-8-16(9-5-14)19(21)22)15-6-10-17(11-7-15)20(23)24/h4-11,13,18H,3,12H2,1-2H3,(H,21,22)(H,23,24). The Morgan fingerprint density at radius 1 is 0.833 bits per heavy atom. The van der Waals surface area contributed by atoms with E-state index in [2.05, 4.69) is 13.8 Å². The SMILES string of the molecule is CCC(C)CC(c1ccc(C(=O)O)cc1)c1ccc(C(=O)O)cc1. The van der Waals surface area contributed by atoms with Crippen LogP contribution >= 0.6 is 0 Å². The molecule has 0 aliphatic rings. The van der Waals surface area contributed by atoms with E-state index in [4.69, 9.17) is 10.2 Å². The van der Waals surface area contributed by atoms with E-state index in [1.807, 2.05) is 24.3 Å². The van der Waals surface area contributed by atoms with Crippen molar-refractivity contribution in [2.45, 2.75) is 32.6 Å². The van der Waals surface area contributed by atoms with Gasteiger partial charge in [0.25, 0.3) is 0 Å². The topological polar surface area (TPSA) is 74.6 Å². The Balaban J connectivity index is 2.36. The molecule has 4 nitrogen and oxygen atoms in total. The maximum Gasteiger partial charge on any atom is 0.335 e. The van der Waals surface area contributed by atoms with Gasteiger partial charge < -0.3 is 10.2 Å². The molecule has 0 saturated carbocycles. The van der Waals surface area contributed by atoms with E-state index >= 15 is 0 Å². The number of benzene rings is 2. The van der Waals surface area contributed by atoms with Crippen molar-refractivity contribution in [2.75, 3.05) is 0 Å². The Labute approximate surface area is 141 Å². The van der Waals surface area contributed by atoms with Crippen molar-refractivity contribution in [2.24, 2.45) is 5.92 Å². The molecule has 0 spiro atoms. The zero-order valence-electron chi connectivity index (χ0n) is 13.9. The van der Waals surface area contributed by atoms with Crippen LogP contribution in [-0.4, -0.2) is 22.2 Å². The van der Waals surface area contributed by atoms with E-state index in [1.54, 1.807) is 24.3 Å². The lowest BCUT2D eigenvalue weighted by atomic mass is 9.83. The van der Waals surface area contributed by atoms with Crippen LogP contribution in [0.1, 0.15) is 64.4 Å². The van der Waals surface area contributed by atoms with Gasteiger partial charge in [-0.1, -0.05) is 44.5 Å².